The Kier molecular flexibility index (Phi) is 6.68. The number of carbonyl (C=O) groups excluding carboxylic acids is 1. The number of carbonyl (C=O) groups is 1. The molecular formula is C18H17ClIN3O2S. The van der Waals surface area contributed by atoms with Gasteiger partial charge in [0, 0.05) is 27.9 Å². The molecule has 0 unspecified atom stereocenters. The average Bonchev–Trinajstić information content (AvgIpc) is 2.63. The fourth-order valence-corrected chi connectivity index (χ4v) is 3.45. The highest BCUT2D eigenvalue weighted by molar-refractivity contribution is 14.1. The lowest BCUT2D eigenvalue weighted by Crippen LogP contribution is -2.36. The predicted molar refractivity (Wildman–Crippen MR) is 117 cm³/mol. The Morgan fingerprint density at radius 1 is 1.15 bits per heavy atom. The van der Waals surface area contributed by atoms with E-state index < -0.39 is 0 Å². The van der Waals surface area contributed by atoms with Crippen molar-refractivity contribution in [2.45, 2.75) is 0 Å². The lowest BCUT2D eigenvalue weighted by molar-refractivity contribution is 0.0977. The highest BCUT2D eigenvalue weighted by Crippen LogP contribution is 2.29. The van der Waals surface area contributed by atoms with Crippen LogP contribution in [0.15, 0.2) is 42.5 Å². The lowest BCUT2D eigenvalue weighted by atomic mass is 10.2. The summed E-state index contributed by atoms with van der Waals surface area (Å²) in [6, 6.07) is 12.9. The van der Waals surface area contributed by atoms with Crippen LogP contribution in [0.3, 0.4) is 0 Å². The van der Waals surface area contributed by atoms with Crippen LogP contribution in [0.2, 0.25) is 5.02 Å². The molecule has 0 aromatic heterocycles. The quantitative estimate of drug-likeness (QED) is 0.493. The zero-order chi connectivity index (χ0) is 18.5. The molecule has 2 aromatic carbocycles. The van der Waals surface area contributed by atoms with Gasteiger partial charge in [0.05, 0.1) is 23.9 Å². The van der Waals surface area contributed by atoms with Gasteiger partial charge in [0.2, 0.25) is 0 Å². The fraction of sp³-hybridized carbons (Fsp3) is 0.222. The van der Waals surface area contributed by atoms with E-state index in [-0.39, 0.29) is 11.0 Å². The summed E-state index contributed by atoms with van der Waals surface area (Å²) in [5, 5.41) is 6.52. The van der Waals surface area contributed by atoms with E-state index in [0.29, 0.717) is 23.8 Å². The summed E-state index contributed by atoms with van der Waals surface area (Å²) < 4.78 is 6.43. The number of nitrogens with zero attached hydrogens (tertiary/aromatic N) is 1. The van der Waals surface area contributed by atoms with E-state index in [4.69, 9.17) is 28.6 Å². The normalized spacial score (nSPS) is 14.0. The molecule has 26 heavy (non-hydrogen) atoms. The summed E-state index contributed by atoms with van der Waals surface area (Å²) >= 11 is 13.8. The molecule has 1 amide bonds. The molecule has 2 aromatic rings. The van der Waals surface area contributed by atoms with Gasteiger partial charge in [-0.2, -0.15) is 0 Å². The van der Waals surface area contributed by atoms with Crippen molar-refractivity contribution < 1.29 is 9.53 Å². The minimum Gasteiger partial charge on any atom is -0.378 e. The molecule has 1 saturated heterocycles. The minimum atomic E-state index is -0.255. The van der Waals surface area contributed by atoms with Crippen molar-refractivity contribution in [1.29, 1.82) is 0 Å². The topological polar surface area (TPSA) is 53.6 Å². The predicted octanol–water partition coefficient (Wildman–Crippen LogP) is 3.91. The first-order valence-electron chi connectivity index (χ1n) is 8.03. The summed E-state index contributed by atoms with van der Waals surface area (Å²) in [6.45, 7) is 3.03. The zero-order valence-electron chi connectivity index (χ0n) is 13.8. The van der Waals surface area contributed by atoms with Crippen molar-refractivity contribution in [3.8, 4) is 0 Å². The van der Waals surface area contributed by atoms with Gasteiger partial charge in [-0.3, -0.25) is 10.1 Å². The van der Waals surface area contributed by atoms with Gasteiger partial charge < -0.3 is 15.0 Å². The number of hydrogen-bond donors (Lipinski definition) is 2. The number of anilines is 2. The first-order chi connectivity index (χ1) is 12.5. The van der Waals surface area contributed by atoms with Crippen LogP contribution in [0, 0.1) is 3.57 Å². The Bertz CT molecular complexity index is 811. The van der Waals surface area contributed by atoms with Gasteiger partial charge in [0.15, 0.2) is 5.11 Å². The molecule has 0 saturated carbocycles. The number of hydrogen-bond acceptors (Lipinski definition) is 4. The zero-order valence-corrected chi connectivity index (χ0v) is 17.5. The second-order valence-corrected chi connectivity index (χ2v) is 7.74. The van der Waals surface area contributed by atoms with Crippen LogP contribution in [0.5, 0.6) is 0 Å². The maximum Gasteiger partial charge on any atom is 0.257 e. The summed E-state index contributed by atoms with van der Waals surface area (Å²) in [5.74, 6) is -0.255. The Morgan fingerprint density at radius 2 is 1.85 bits per heavy atom. The van der Waals surface area contributed by atoms with Gasteiger partial charge >= 0.3 is 0 Å². The van der Waals surface area contributed by atoms with E-state index in [9.17, 15) is 4.79 Å². The summed E-state index contributed by atoms with van der Waals surface area (Å²) in [5.41, 5.74) is 2.24. The molecule has 0 aliphatic carbocycles. The highest BCUT2D eigenvalue weighted by atomic mass is 127. The SMILES string of the molecule is O=C(NC(=S)Nc1ccc(N2CCOCC2)c(Cl)c1)c1ccc(I)cc1. The van der Waals surface area contributed by atoms with E-state index in [1.165, 1.54) is 0 Å². The molecule has 1 aliphatic rings. The average molecular weight is 502 g/mol. The Morgan fingerprint density at radius 3 is 2.50 bits per heavy atom. The summed E-state index contributed by atoms with van der Waals surface area (Å²) in [4.78, 5) is 14.4. The van der Waals surface area contributed by atoms with Crippen molar-refractivity contribution in [3.05, 3.63) is 56.6 Å². The number of halogens is 2. The van der Waals surface area contributed by atoms with E-state index in [0.717, 1.165) is 28.0 Å². The van der Waals surface area contributed by atoms with Crippen LogP contribution < -0.4 is 15.5 Å². The van der Waals surface area contributed by atoms with Crippen molar-refractivity contribution >= 4 is 68.8 Å². The van der Waals surface area contributed by atoms with Crippen LogP contribution in [0.4, 0.5) is 11.4 Å². The molecule has 0 bridgehead atoms. The maximum absolute atomic E-state index is 12.2. The molecule has 1 heterocycles. The van der Waals surface area contributed by atoms with Crippen LogP contribution in [0.1, 0.15) is 10.4 Å². The fourth-order valence-electron chi connectivity index (χ4n) is 2.58. The molecule has 5 nitrogen and oxygen atoms in total. The van der Waals surface area contributed by atoms with Crippen LogP contribution in [0.25, 0.3) is 0 Å². The van der Waals surface area contributed by atoms with Crippen molar-refractivity contribution in [2.75, 3.05) is 36.5 Å². The third-order valence-corrected chi connectivity index (χ3v) is 5.12. The molecule has 0 atom stereocenters. The van der Waals surface area contributed by atoms with Crippen LogP contribution in [-0.2, 0) is 4.74 Å². The van der Waals surface area contributed by atoms with Gasteiger partial charge in [-0.05, 0) is 77.3 Å². The van der Waals surface area contributed by atoms with Gasteiger partial charge in [0.25, 0.3) is 5.91 Å². The van der Waals surface area contributed by atoms with E-state index in [1.54, 1.807) is 18.2 Å². The number of nitrogens with one attached hydrogen (secondary N) is 2. The summed E-state index contributed by atoms with van der Waals surface area (Å²) in [6.07, 6.45) is 0. The first kappa shape index (κ1) is 19.3. The van der Waals surface area contributed by atoms with E-state index in [2.05, 4.69) is 38.1 Å². The minimum absolute atomic E-state index is 0.226. The van der Waals surface area contributed by atoms with Crippen molar-refractivity contribution in [2.24, 2.45) is 0 Å². The van der Waals surface area contributed by atoms with Crippen LogP contribution in [-0.4, -0.2) is 37.3 Å². The number of benzene rings is 2. The molecule has 136 valence electrons. The molecule has 2 N–H and O–H groups in total. The standard InChI is InChI=1S/C18H17ClIN3O2S/c19-15-11-14(5-6-16(15)23-7-9-25-10-8-23)21-18(26)22-17(24)12-1-3-13(20)4-2-12/h1-6,11H,7-10H2,(H2,21,22,24,26). The summed E-state index contributed by atoms with van der Waals surface area (Å²) in [7, 11) is 0. The van der Waals surface area contributed by atoms with E-state index >= 15 is 0 Å². The molecular weight excluding hydrogens is 485 g/mol. The molecule has 8 heteroatoms. The number of morpholine rings is 1. The Balaban J connectivity index is 1.61. The monoisotopic (exact) mass is 501 g/mol. The number of ether oxygens (including phenoxy) is 1. The molecule has 1 fully saturated rings. The highest BCUT2D eigenvalue weighted by Gasteiger charge is 2.15. The van der Waals surface area contributed by atoms with Gasteiger partial charge in [-0.25, -0.2) is 0 Å². The Labute approximate surface area is 176 Å². The third-order valence-electron chi connectivity index (χ3n) is 3.89. The maximum atomic E-state index is 12.2. The number of thiocarbonyl (C=S) groups is 1. The third kappa shape index (κ3) is 5.06. The smallest absolute Gasteiger partial charge is 0.257 e. The van der Waals surface area contributed by atoms with Crippen LogP contribution >= 0.6 is 46.4 Å². The Hall–Kier alpha value is -1.42. The number of amides is 1. The lowest BCUT2D eigenvalue weighted by Gasteiger charge is -2.29. The van der Waals surface area contributed by atoms with E-state index in [1.807, 2.05) is 24.3 Å². The second-order valence-electron chi connectivity index (χ2n) is 5.68. The largest absolute Gasteiger partial charge is 0.378 e. The van der Waals surface area contributed by atoms with Gasteiger partial charge in [-0.1, -0.05) is 11.6 Å². The first-order valence-corrected chi connectivity index (χ1v) is 9.89. The molecule has 3 rings (SSSR count). The van der Waals surface area contributed by atoms with Gasteiger partial charge in [-0.15, -0.1) is 0 Å². The molecule has 1 aliphatic heterocycles. The molecule has 0 radical (unpaired) electrons. The molecule has 0 spiro atoms. The van der Waals surface area contributed by atoms with Gasteiger partial charge in [0.1, 0.15) is 0 Å². The number of rotatable bonds is 3. The second kappa shape index (κ2) is 8.98. The van der Waals surface area contributed by atoms with Crippen molar-refractivity contribution in [3.63, 3.8) is 0 Å². The van der Waals surface area contributed by atoms with Crippen molar-refractivity contribution in [1.82, 2.24) is 5.32 Å².